The second kappa shape index (κ2) is 6.37. The van der Waals surface area contributed by atoms with Crippen LogP contribution in [0.15, 0.2) is 24.5 Å². The van der Waals surface area contributed by atoms with E-state index in [4.69, 9.17) is 19.6 Å². The first kappa shape index (κ1) is 17.0. The molecule has 9 heteroatoms. The van der Waals surface area contributed by atoms with Gasteiger partial charge in [-0.25, -0.2) is 25.3 Å². The normalized spacial score (nSPS) is 22.8. The molecule has 4 aromatic rings. The first-order valence-electron chi connectivity index (χ1n) is 10.4. The molecule has 8 nitrogen and oxygen atoms in total. The van der Waals surface area contributed by atoms with Gasteiger partial charge in [-0.1, -0.05) is 6.07 Å². The van der Waals surface area contributed by atoms with Crippen LogP contribution in [0.1, 0.15) is 53.2 Å². The first-order valence-corrected chi connectivity index (χ1v) is 11.2. The van der Waals surface area contributed by atoms with Gasteiger partial charge in [0.2, 0.25) is 6.79 Å². The highest BCUT2D eigenvalue weighted by Crippen LogP contribution is 2.39. The number of hydrogen-bond donors (Lipinski definition) is 2. The molecular weight excluding hydrogens is 400 g/mol. The molecule has 7 rings (SSSR count). The molecule has 2 aliphatic heterocycles. The fourth-order valence-corrected chi connectivity index (χ4v) is 6.02. The van der Waals surface area contributed by atoms with Crippen molar-refractivity contribution in [2.24, 2.45) is 0 Å². The quantitative estimate of drug-likeness (QED) is 0.515. The van der Waals surface area contributed by atoms with Gasteiger partial charge >= 0.3 is 0 Å². The lowest BCUT2D eigenvalue weighted by molar-refractivity contribution is 0.174. The fraction of sp³-hybridized carbons (Fsp3) is 0.381. The van der Waals surface area contributed by atoms with Crippen LogP contribution in [0.4, 0.5) is 0 Å². The Morgan fingerprint density at radius 2 is 1.97 bits per heavy atom. The second-order valence-corrected chi connectivity index (χ2v) is 9.20. The van der Waals surface area contributed by atoms with E-state index in [1.54, 1.807) is 6.33 Å². The predicted molar refractivity (Wildman–Crippen MR) is 112 cm³/mol. The van der Waals surface area contributed by atoms with E-state index in [2.05, 4.69) is 21.9 Å². The number of aromatic nitrogens is 4. The molecule has 1 aliphatic carbocycles. The minimum Gasteiger partial charge on any atom is -0.454 e. The van der Waals surface area contributed by atoms with Crippen LogP contribution < -0.4 is 20.3 Å². The smallest absolute Gasteiger partial charge is 0.231 e. The zero-order valence-electron chi connectivity index (χ0n) is 16.2. The maximum absolute atomic E-state index is 5.52. The molecule has 1 saturated heterocycles. The number of hydrogen-bond acceptors (Lipinski definition) is 8. The molecular formula is C21H20N6O2S. The predicted octanol–water partition coefficient (Wildman–Crippen LogP) is 3.23. The number of aryl methyl sites for hydroxylation is 2. The molecule has 0 saturated carbocycles. The number of nitrogens with one attached hydrogen (secondary N) is 2. The van der Waals surface area contributed by atoms with Gasteiger partial charge in [-0.05, 0) is 55.4 Å². The number of rotatable bonds is 2. The molecule has 0 bridgehead atoms. The summed E-state index contributed by atoms with van der Waals surface area (Å²) in [5, 5.41) is 5.96. The van der Waals surface area contributed by atoms with Gasteiger partial charge in [0, 0.05) is 10.9 Å². The number of benzene rings is 1. The monoisotopic (exact) mass is 420 g/mol. The Balaban J connectivity index is 1.23. The van der Waals surface area contributed by atoms with Crippen molar-refractivity contribution >= 4 is 27.2 Å². The number of thiophene rings is 1. The molecule has 0 spiro atoms. The fourth-order valence-electron chi connectivity index (χ4n) is 4.79. The molecule has 152 valence electrons. The summed E-state index contributed by atoms with van der Waals surface area (Å²) in [5.74, 6) is 2.41. The number of hydrazine groups is 1. The Morgan fingerprint density at radius 1 is 1.07 bits per heavy atom. The summed E-state index contributed by atoms with van der Waals surface area (Å²) in [6.07, 6.45) is 7.45. The van der Waals surface area contributed by atoms with Crippen LogP contribution in [-0.2, 0) is 12.8 Å². The third kappa shape index (κ3) is 2.49. The summed E-state index contributed by atoms with van der Waals surface area (Å²) >= 11 is 1.82. The van der Waals surface area contributed by atoms with E-state index in [1.165, 1.54) is 28.7 Å². The average Bonchev–Trinajstić information content (AvgIpc) is 3.56. The molecule has 3 aromatic heterocycles. The Kier molecular flexibility index (Phi) is 3.61. The van der Waals surface area contributed by atoms with Gasteiger partial charge < -0.3 is 9.47 Å². The van der Waals surface area contributed by atoms with Crippen LogP contribution in [0.2, 0.25) is 0 Å². The highest BCUT2D eigenvalue weighted by molar-refractivity contribution is 7.19. The van der Waals surface area contributed by atoms with Crippen molar-refractivity contribution in [1.82, 2.24) is 30.4 Å². The second-order valence-electron chi connectivity index (χ2n) is 8.12. The van der Waals surface area contributed by atoms with Crippen molar-refractivity contribution < 1.29 is 9.47 Å². The van der Waals surface area contributed by atoms with E-state index in [-0.39, 0.29) is 18.9 Å². The van der Waals surface area contributed by atoms with Crippen LogP contribution in [0, 0.1) is 0 Å². The maximum atomic E-state index is 5.52. The summed E-state index contributed by atoms with van der Waals surface area (Å²) < 4.78 is 12.8. The molecule has 1 aromatic carbocycles. The standard InChI is InChI=1S/C21H20N6O2S/c1-2-4-17-12(3-1)18-20-23-19(26-27(20)9-22-21(18)30-17)14-8-13(24-25-14)11-5-6-15-16(7-11)29-10-28-15/h5-7,9,13-14,24-25H,1-4,8,10H2. The van der Waals surface area contributed by atoms with Gasteiger partial charge in [-0.15, -0.1) is 16.4 Å². The van der Waals surface area contributed by atoms with Crippen molar-refractivity contribution in [2.45, 2.75) is 44.2 Å². The summed E-state index contributed by atoms with van der Waals surface area (Å²) in [5.41, 5.74) is 10.3. The van der Waals surface area contributed by atoms with Crippen molar-refractivity contribution in [2.75, 3.05) is 6.79 Å². The first-order chi connectivity index (χ1) is 14.8. The number of nitrogens with zero attached hydrogens (tertiary/aromatic N) is 4. The van der Waals surface area contributed by atoms with Crippen LogP contribution in [0.25, 0.3) is 15.9 Å². The molecule has 3 aliphatic rings. The Bertz CT molecular complexity index is 1300. The molecule has 5 heterocycles. The SMILES string of the molecule is c1cc2c(cc1C1CC(c3nc4c5c6c(sc5ncn4n3)CCCC6)NN1)OCO2. The lowest BCUT2D eigenvalue weighted by Gasteiger charge is -2.10. The van der Waals surface area contributed by atoms with Crippen LogP contribution in [0.5, 0.6) is 11.5 Å². The Hall–Kier alpha value is -2.75. The van der Waals surface area contributed by atoms with Gasteiger partial charge in [0.15, 0.2) is 23.0 Å². The van der Waals surface area contributed by atoms with Gasteiger partial charge in [-0.3, -0.25) is 0 Å². The highest BCUT2D eigenvalue weighted by Gasteiger charge is 2.31. The van der Waals surface area contributed by atoms with Crippen molar-refractivity contribution in [3.05, 3.63) is 46.4 Å². The van der Waals surface area contributed by atoms with Gasteiger partial charge in [-0.2, -0.15) is 0 Å². The third-order valence-electron chi connectivity index (χ3n) is 6.32. The van der Waals surface area contributed by atoms with Crippen LogP contribution in [-0.4, -0.2) is 26.4 Å². The minimum absolute atomic E-state index is 0.0323. The van der Waals surface area contributed by atoms with Crippen molar-refractivity contribution in [3.63, 3.8) is 0 Å². The van der Waals surface area contributed by atoms with E-state index < -0.39 is 0 Å². The van der Waals surface area contributed by atoms with Crippen molar-refractivity contribution in [3.8, 4) is 11.5 Å². The zero-order chi connectivity index (χ0) is 19.7. The molecule has 0 amide bonds. The lowest BCUT2D eigenvalue weighted by atomic mass is 9.97. The van der Waals surface area contributed by atoms with Gasteiger partial charge in [0.25, 0.3) is 0 Å². The van der Waals surface area contributed by atoms with Crippen LogP contribution in [0.3, 0.4) is 0 Å². The maximum Gasteiger partial charge on any atom is 0.231 e. The largest absolute Gasteiger partial charge is 0.454 e. The van der Waals surface area contributed by atoms with Crippen molar-refractivity contribution in [1.29, 1.82) is 0 Å². The summed E-state index contributed by atoms with van der Waals surface area (Å²) in [7, 11) is 0. The topological polar surface area (TPSA) is 85.6 Å². The van der Waals surface area contributed by atoms with E-state index in [0.29, 0.717) is 0 Å². The molecule has 2 atom stereocenters. The number of ether oxygens (including phenoxy) is 2. The Labute approximate surface area is 176 Å². The molecule has 1 fully saturated rings. The van der Waals surface area contributed by atoms with Crippen LogP contribution >= 0.6 is 11.3 Å². The lowest BCUT2D eigenvalue weighted by Crippen LogP contribution is -2.27. The zero-order valence-corrected chi connectivity index (χ0v) is 17.0. The van der Waals surface area contributed by atoms with E-state index in [0.717, 1.165) is 52.6 Å². The van der Waals surface area contributed by atoms with E-state index >= 15 is 0 Å². The average molecular weight is 420 g/mol. The number of fused-ring (bicyclic) bond motifs is 6. The molecule has 30 heavy (non-hydrogen) atoms. The summed E-state index contributed by atoms with van der Waals surface area (Å²) in [6.45, 7) is 0.289. The van der Waals surface area contributed by atoms with Gasteiger partial charge in [0.1, 0.15) is 11.2 Å². The van der Waals surface area contributed by atoms with E-state index in [1.807, 2.05) is 28.0 Å². The highest BCUT2D eigenvalue weighted by atomic mass is 32.1. The molecule has 2 unspecified atom stereocenters. The minimum atomic E-state index is 0.0323. The van der Waals surface area contributed by atoms with Gasteiger partial charge in [0.05, 0.1) is 11.4 Å². The third-order valence-corrected chi connectivity index (χ3v) is 7.52. The summed E-state index contributed by atoms with van der Waals surface area (Å²) in [4.78, 5) is 12.2. The summed E-state index contributed by atoms with van der Waals surface area (Å²) in [6, 6.07) is 6.29. The van der Waals surface area contributed by atoms with E-state index in [9.17, 15) is 0 Å². The molecule has 2 N–H and O–H groups in total. The molecule has 0 radical (unpaired) electrons. The Morgan fingerprint density at radius 3 is 2.97 bits per heavy atom.